The predicted octanol–water partition coefficient (Wildman–Crippen LogP) is 4.43. The number of amides is 1. The lowest BCUT2D eigenvalue weighted by Crippen LogP contribution is -2.27. The maximum atomic E-state index is 13.7. The average molecular weight is 368 g/mol. The van der Waals surface area contributed by atoms with E-state index in [0.29, 0.717) is 18.4 Å². The minimum Gasteiger partial charge on any atom is -0.489 e. The number of hydrogen-bond donors (Lipinski definition) is 1. The zero-order chi connectivity index (χ0) is 19.2. The van der Waals surface area contributed by atoms with E-state index in [0.717, 1.165) is 23.3 Å². The van der Waals surface area contributed by atoms with Crippen LogP contribution in [0.2, 0.25) is 0 Å². The van der Waals surface area contributed by atoms with Gasteiger partial charge in [0.1, 0.15) is 24.0 Å². The number of carbonyl (C=O) groups excluding carboxylic acids is 1. The topological polar surface area (TPSA) is 51.2 Å². The third-order valence-electron chi connectivity index (χ3n) is 4.03. The summed E-state index contributed by atoms with van der Waals surface area (Å²) in [6, 6.07) is 13.5. The highest BCUT2D eigenvalue weighted by Gasteiger charge is 2.15. The number of aromatic nitrogens is 1. The quantitative estimate of drug-likeness (QED) is 0.700. The van der Waals surface area contributed by atoms with Crippen LogP contribution in [0, 0.1) is 11.6 Å². The molecule has 1 amide bonds. The van der Waals surface area contributed by atoms with Gasteiger partial charge < -0.3 is 10.1 Å². The van der Waals surface area contributed by atoms with Gasteiger partial charge in [-0.05, 0) is 42.8 Å². The lowest BCUT2D eigenvalue weighted by molar-refractivity contribution is 0.0935. The van der Waals surface area contributed by atoms with Gasteiger partial charge in [0.15, 0.2) is 0 Å². The molecule has 0 fully saturated rings. The van der Waals surface area contributed by atoms with Crippen molar-refractivity contribution in [2.45, 2.75) is 19.6 Å². The zero-order valence-corrected chi connectivity index (χ0v) is 14.7. The highest BCUT2D eigenvalue weighted by Crippen LogP contribution is 2.19. The van der Waals surface area contributed by atoms with Crippen molar-refractivity contribution >= 4 is 5.91 Å². The minimum atomic E-state index is -0.890. The average Bonchev–Trinajstić information content (AvgIpc) is 2.67. The van der Waals surface area contributed by atoms with Gasteiger partial charge in [0.2, 0.25) is 0 Å². The van der Waals surface area contributed by atoms with Gasteiger partial charge in [0.05, 0.1) is 11.6 Å². The Hall–Kier alpha value is -3.28. The van der Waals surface area contributed by atoms with E-state index in [-0.39, 0.29) is 11.6 Å². The first-order chi connectivity index (χ1) is 13.0. The van der Waals surface area contributed by atoms with Crippen molar-refractivity contribution < 1.29 is 18.3 Å². The second-order valence-corrected chi connectivity index (χ2v) is 6.04. The zero-order valence-electron chi connectivity index (χ0n) is 14.7. The number of carbonyl (C=O) groups is 1. The molecule has 0 aliphatic rings. The van der Waals surface area contributed by atoms with E-state index in [1.165, 1.54) is 0 Å². The number of halogens is 2. The molecule has 0 radical (unpaired) electrons. The van der Waals surface area contributed by atoms with Crippen LogP contribution in [-0.2, 0) is 6.61 Å². The summed E-state index contributed by atoms with van der Waals surface area (Å²) in [5.41, 5.74) is 1.60. The lowest BCUT2D eigenvalue weighted by Gasteiger charge is -2.15. The molecule has 0 bridgehead atoms. The van der Waals surface area contributed by atoms with Crippen LogP contribution in [-0.4, -0.2) is 10.9 Å². The second kappa shape index (κ2) is 8.40. The van der Waals surface area contributed by atoms with Gasteiger partial charge in [-0.3, -0.25) is 9.78 Å². The number of nitrogens with one attached hydrogen (secondary N) is 1. The van der Waals surface area contributed by atoms with Crippen LogP contribution < -0.4 is 10.1 Å². The normalized spacial score (nSPS) is 11.7. The summed E-state index contributed by atoms with van der Waals surface area (Å²) < 4.78 is 32.4. The minimum absolute atomic E-state index is 0.195. The van der Waals surface area contributed by atoms with E-state index >= 15 is 0 Å². The number of pyridine rings is 1. The number of rotatable bonds is 6. The van der Waals surface area contributed by atoms with Gasteiger partial charge in [-0.15, -0.1) is 0 Å². The summed E-state index contributed by atoms with van der Waals surface area (Å²) in [7, 11) is 0. The summed E-state index contributed by atoms with van der Waals surface area (Å²) in [4.78, 5) is 16.2. The van der Waals surface area contributed by atoms with Crippen LogP contribution in [0.5, 0.6) is 5.75 Å². The number of hydrogen-bond acceptors (Lipinski definition) is 3. The van der Waals surface area contributed by atoms with Gasteiger partial charge >= 0.3 is 0 Å². The fourth-order valence-corrected chi connectivity index (χ4v) is 2.53. The van der Waals surface area contributed by atoms with E-state index in [1.54, 1.807) is 31.5 Å². The summed E-state index contributed by atoms with van der Waals surface area (Å²) in [6.07, 6.45) is 3.44. The largest absolute Gasteiger partial charge is 0.489 e. The van der Waals surface area contributed by atoms with Gasteiger partial charge in [-0.2, -0.15) is 0 Å². The molecule has 0 aliphatic carbocycles. The first-order valence-corrected chi connectivity index (χ1v) is 8.40. The summed E-state index contributed by atoms with van der Waals surface area (Å²) in [6.45, 7) is 2.19. The maximum Gasteiger partial charge on any atom is 0.254 e. The van der Waals surface area contributed by atoms with Gasteiger partial charge in [-0.25, -0.2) is 8.78 Å². The van der Waals surface area contributed by atoms with Crippen molar-refractivity contribution in [3.63, 3.8) is 0 Å². The molecule has 0 spiro atoms. The Bertz CT molecular complexity index is 915. The fraction of sp³-hybridized carbons (Fsp3) is 0.143. The first-order valence-electron chi connectivity index (χ1n) is 8.40. The molecule has 1 heterocycles. The molecule has 1 atom stereocenters. The molecule has 3 rings (SSSR count). The van der Waals surface area contributed by atoms with Gasteiger partial charge in [0, 0.05) is 24.0 Å². The van der Waals surface area contributed by atoms with Crippen molar-refractivity contribution in [2.75, 3.05) is 0 Å². The van der Waals surface area contributed by atoms with Gasteiger partial charge in [-0.1, -0.05) is 18.2 Å². The van der Waals surface area contributed by atoms with E-state index < -0.39 is 17.5 Å². The molecule has 1 N–H and O–H groups in total. The van der Waals surface area contributed by atoms with Crippen molar-refractivity contribution in [3.8, 4) is 5.75 Å². The standard InChI is InChI=1S/C21H18F2N2O2/c1-14(25-21(26)19-9-6-17(22)11-20(19)23)16-4-7-18(8-5-16)27-13-15-3-2-10-24-12-15/h2-12,14H,13H2,1H3,(H,25,26). The van der Waals surface area contributed by atoms with Gasteiger partial charge in [0.25, 0.3) is 5.91 Å². The first kappa shape index (κ1) is 18.5. The smallest absolute Gasteiger partial charge is 0.254 e. The molecule has 4 nitrogen and oxygen atoms in total. The van der Waals surface area contributed by atoms with E-state index in [1.807, 2.05) is 24.3 Å². The summed E-state index contributed by atoms with van der Waals surface area (Å²) >= 11 is 0. The second-order valence-electron chi connectivity index (χ2n) is 6.04. The van der Waals surface area contributed by atoms with E-state index in [9.17, 15) is 13.6 Å². The number of nitrogens with zero attached hydrogens (tertiary/aromatic N) is 1. The predicted molar refractivity (Wildman–Crippen MR) is 97.3 cm³/mol. The Kier molecular flexibility index (Phi) is 5.76. The third-order valence-corrected chi connectivity index (χ3v) is 4.03. The Morgan fingerprint density at radius 1 is 1.15 bits per heavy atom. The summed E-state index contributed by atoms with van der Waals surface area (Å²) in [5, 5.41) is 2.70. The number of benzene rings is 2. The number of ether oxygens (including phenoxy) is 1. The van der Waals surface area contributed by atoms with Crippen LogP contribution in [0.25, 0.3) is 0 Å². The van der Waals surface area contributed by atoms with Crippen molar-refractivity contribution in [1.29, 1.82) is 0 Å². The Morgan fingerprint density at radius 2 is 1.93 bits per heavy atom. The molecular formula is C21H18F2N2O2. The van der Waals surface area contributed by atoms with Crippen LogP contribution in [0.15, 0.2) is 67.0 Å². The molecule has 1 aromatic heterocycles. The molecule has 27 heavy (non-hydrogen) atoms. The maximum absolute atomic E-state index is 13.7. The van der Waals surface area contributed by atoms with E-state index in [2.05, 4.69) is 10.3 Å². The van der Waals surface area contributed by atoms with E-state index in [4.69, 9.17) is 4.74 Å². The van der Waals surface area contributed by atoms with Crippen LogP contribution >= 0.6 is 0 Å². The Balaban J connectivity index is 1.60. The SMILES string of the molecule is CC(NC(=O)c1ccc(F)cc1F)c1ccc(OCc2cccnc2)cc1. The third kappa shape index (κ3) is 4.88. The molecule has 6 heteroatoms. The molecule has 3 aromatic rings. The summed E-state index contributed by atoms with van der Waals surface area (Å²) in [5.74, 6) is -1.53. The van der Waals surface area contributed by atoms with Crippen molar-refractivity contribution in [1.82, 2.24) is 10.3 Å². The molecule has 1 unspecified atom stereocenters. The molecule has 0 aliphatic heterocycles. The fourth-order valence-electron chi connectivity index (χ4n) is 2.53. The molecule has 138 valence electrons. The monoisotopic (exact) mass is 368 g/mol. The molecule has 0 saturated heterocycles. The van der Waals surface area contributed by atoms with Crippen molar-refractivity contribution in [3.05, 3.63) is 95.3 Å². The Morgan fingerprint density at radius 3 is 2.59 bits per heavy atom. The molecular weight excluding hydrogens is 350 g/mol. The Labute approximate surface area is 155 Å². The van der Waals surface area contributed by atoms with Crippen LogP contribution in [0.3, 0.4) is 0 Å². The van der Waals surface area contributed by atoms with Crippen LogP contribution in [0.1, 0.15) is 34.5 Å². The van der Waals surface area contributed by atoms with Crippen LogP contribution in [0.4, 0.5) is 8.78 Å². The molecule has 0 saturated carbocycles. The highest BCUT2D eigenvalue weighted by atomic mass is 19.1. The van der Waals surface area contributed by atoms with Crippen molar-refractivity contribution in [2.24, 2.45) is 0 Å². The molecule has 2 aromatic carbocycles. The highest BCUT2D eigenvalue weighted by molar-refractivity contribution is 5.94. The lowest BCUT2D eigenvalue weighted by atomic mass is 10.1.